The highest BCUT2D eigenvalue weighted by Gasteiger charge is 2.16. The molecule has 1 heterocycles. The normalized spacial score (nSPS) is 12.7. The Hall–Kier alpha value is -1.82. The zero-order chi connectivity index (χ0) is 14.6. The van der Waals surface area contributed by atoms with Gasteiger partial charge in [0.1, 0.15) is 5.82 Å². The van der Waals surface area contributed by atoms with E-state index in [1.54, 1.807) is 0 Å². The van der Waals surface area contributed by atoms with Gasteiger partial charge in [-0.3, -0.25) is 0 Å². The van der Waals surface area contributed by atoms with Crippen LogP contribution in [0.5, 0.6) is 0 Å². The molecule has 6 heteroatoms. The highest BCUT2D eigenvalue weighted by molar-refractivity contribution is 5.94. The van der Waals surface area contributed by atoms with Crippen LogP contribution in [-0.4, -0.2) is 47.6 Å². The van der Waals surface area contributed by atoms with Gasteiger partial charge in [0.25, 0.3) is 0 Å². The number of carboxylic acid groups (broad SMARTS) is 1. The van der Waals surface area contributed by atoms with Crippen molar-refractivity contribution in [2.24, 2.45) is 5.92 Å². The smallest absolute Gasteiger partial charge is 0.337 e. The fraction of sp³-hybridized carbons (Fsp3) is 0.538. The van der Waals surface area contributed by atoms with Gasteiger partial charge in [0.15, 0.2) is 0 Å². The molecule has 1 aromatic rings. The minimum Gasteiger partial charge on any atom is -0.478 e. The number of hydrogen-bond donors (Lipinski definition) is 3. The molecular weight excluding hydrogens is 244 g/mol. The molecule has 0 bridgehead atoms. The Morgan fingerprint density at radius 1 is 1.53 bits per heavy atom. The average Bonchev–Trinajstić information content (AvgIpc) is 2.29. The molecule has 0 aliphatic heterocycles. The third-order valence-corrected chi connectivity index (χ3v) is 2.87. The molecule has 0 radical (unpaired) electrons. The highest BCUT2D eigenvalue weighted by Crippen LogP contribution is 2.17. The van der Waals surface area contributed by atoms with Crippen molar-refractivity contribution >= 4 is 17.5 Å². The Morgan fingerprint density at radius 2 is 2.16 bits per heavy atom. The van der Waals surface area contributed by atoms with Gasteiger partial charge in [-0.25, -0.2) is 9.78 Å². The molecule has 0 fully saturated rings. The van der Waals surface area contributed by atoms with Gasteiger partial charge < -0.3 is 21.1 Å². The lowest BCUT2D eigenvalue weighted by atomic mass is 10.0. The van der Waals surface area contributed by atoms with Crippen molar-refractivity contribution in [1.29, 1.82) is 0 Å². The molecule has 0 amide bonds. The Morgan fingerprint density at radius 3 is 2.63 bits per heavy atom. The minimum absolute atomic E-state index is 0.0739. The molecule has 19 heavy (non-hydrogen) atoms. The monoisotopic (exact) mass is 266 g/mol. The molecular formula is C13H22N4O2. The molecule has 1 unspecified atom stereocenters. The zero-order valence-corrected chi connectivity index (χ0v) is 11.8. The summed E-state index contributed by atoms with van der Waals surface area (Å²) in [6.07, 6.45) is 1.37. The maximum atomic E-state index is 11.0. The van der Waals surface area contributed by atoms with Crippen LogP contribution >= 0.6 is 0 Å². The number of anilines is 2. The topological polar surface area (TPSA) is 91.5 Å². The number of nitrogen functional groups attached to an aromatic ring is 1. The van der Waals surface area contributed by atoms with E-state index in [1.165, 1.54) is 12.3 Å². The number of hydrogen-bond acceptors (Lipinski definition) is 5. The molecule has 0 saturated heterocycles. The van der Waals surface area contributed by atoms with Gasteiger partial charge in [-0.2, -0.15) is 0 Å². The lowest BCUT2D eigenvalue weighted by molar-refractivity contribution is 0.0698. The molecule has 106 valence electrons. The molecule has 1 rings (SSSR count). The number of nitrogens with zero attached hydrogens (tertiary/aromatic N) is 2. The standard InChI is InChI=1S/C13H22N4O2/c1-8(2)11(7-17(3)4)16-12-5-9(13(18)19)10(14)6-15-12/h5-6,8,11H,7,14H2,1-4H3,(H,15,16)(H,18,19). The largest absolute Gasteiger partial charge is 0.478 e. The van der Waals surface area contributed by atoms with E-state index in [9.17, 15) is 4.79 Å². The van der Waals surface area contributed by atoms with Crippen molar-refractivity contribution in [3.8, 4) is 0 Å². The first-order chi connectivity index (χ1) is 8.81. The van der Waals surface area contributed by atoms with Crippen LogP contribution in [-0.2, 0) is 0 Å². The molecule has 6 nitrogen and oxygen atoms in total. The van der Waals surface area contributed by atoms with Gasteiger partial charge in [-0.15, -0.1) is 0 Å². The van der Waals surface area contributed by atoms with Crippen LogP contribution in [0.2, 0.25) is 0 Å². The number of aromatic carboxylic acids is 1. The van der Waals surface area contributed by atoms with Crippen molar-refractivity contribution in [2.75, 3.05) is 31.7 Å². The van der Waals surface area contributed by atoms with Crippen molar-refractivity contribution in [1.82, 2.24) is 9.88 Å². The Labute approximate surface area is 113 Å². The van der Waals surface area contributed by atoms with E-state index < -0.39 is 5.97 Å². The van der Waals surface area contributed by atoms with E-state index in [1.807, 2.05) is 14.1 Å². The van der Waals surface area contributed by atoms with Crippen molar-refractivity contribution < 1.29 is 9.90 Å². The number of likely N-dealkylation sites (N-methyl/N-ethyl adjacent to an activating group) is 1. The predicted octanol–water partition coefficient (Wildman–Crippen LogP) is 1.36. The second-order valence-corrected chi connectivity index (χ2v) is 5.22. The molecule has 1 aromatic heterocycles. The number of nitrogens with one attached hydrogen (secondary N) is 1. The summed E-state index contributed by atoms with van der Waals surface area (Å²) in [5, 5.41) is 12.3. The van der Waals surface area contributed by atoms with Crippen molar-refractivity contribution in [3.05, 3.63) is 17.8 Å². The number of carboxylic acids is 1. The fourth-order valence-corrected chi connectivity index (χ4v) is 1.74. The minimum atomic E-state index is -1.04. The number of aromatic nitrogens is 1. The molecule has 0 spiro atoms. The zero-order valence-electron chi connectivity index (χ0n) is 11.8. The van der Waals surface area contributed by atoms with Gasteiger partial charge >= 0.3 is 5.97 Å². The summed E-state index contributed by atoms with van der Waals surface area (Å²) >= 11 is 0. The van der Waals surface area contributed by atoms with E-state index in [0.29, 0.717) is 11.7 Å². The first-order valence-electron chi connectivity index (χ1n) is 6.21. The number of pyridine rings is 1. The average molecular weight is 266 g/mol. The lowest BCUT2D eigenvalue weighted by Gasteiger charge is -2.26. The van der Waals surface area contributed by atoms with Crippen LogP contribution in [0.3, 0.4) is 0 Å². The predicted molar refractivity (Wildman–Crippen MR) is 76.4 cm³/mol. The van der Waals surface area contributed by atoms with E-state index in [2.05, 4.69) is 29.0 Å². The summed E-state index contributed by atoms with van der Waals surface area (Å²) in [5.74, 6) is -0.112. The van der Waals surface area contributed by atoms with Gasteiger partial charge in [-0.05, 0) is 26.1 Å². The Balaban J connectivity index is 2.90. The van der Waals surface area contributed by atoms with Crippen LogP contribution < -0.4 is 11.1 Å². The summed E-state index contributed by atoms with van der Waals surface area (Å²) in [7, 11) is 3.99. The SMILES string of the molecule is CC(C)C(CN(C)C)Nc1cc(C(=O)O)c(N)cn1. The summed E-state index contributed by atoms with van der Waals surface area (Å²) in [5.41, 5.74) is 5.83. The number of carbonyl (C=O) groups is 1. The number of nitrogens with two attached hydrogens (primary N) is 1. The summed E-state index contributed by atoms with van der Waals surface area (Å²) < 4.78 is 0. The molecule has 0 aliphatic rings. The van der Waals surface area contributed by atoms with Crippen LogP contribution in [0.4, 0.5) is 11.5 Å². The second kappa shape index (κ2) is 6.38. The molecule has 0 aliphatic carbocycles. The highest BCUT2D eigenvalue weighted by atomic mass is 16.4. The summed E-state index contributed by atoms with van der Waals surface area (Å²) in [6.45, 7) is 5.05. The third-order valence-electron chi connectivity index (χ3n) is 2.87. The van der Waals surface area contributed by atoms with Gasteiger partial charge in [0.2, 0.25) is 0 Å². The fourth-order valence-electron chi connectivity index (χ4n) is 1.74. The van der Waals surface area contributed by atoms with Gasteiger partial charge in [-0.1, -0.05) is 13.8 Å². The Kier molecular flexibility index (Phi) is 5.11. The molecule has 0 saturated carbocycles. The van der Waals surface area contributed by atoms with Crippen LogP contribution in [0.1, 0.15) is 24.2 Å². The quantitative estimate of drug-likeness (QED) is 0.720. The first kappa shape index (κ1) is 15.2. The van der Waals surface area contributed by atoms with E-state index in [4.69, 9.17) is 10.8 Å². The van der Waals surface area contributed by atoms with E-state index in [0.717, 1.165) is 6.54 Å². The molecule has 4 N–H and O–H groups in total. The molecule has 1 atom stereocenters. The second-order valence-electron chi connectivity index (χ2n) is 5.22. The summed E-state index contributed by atoms with van der Waals surface area (Å²) in [4.78, 5) is 17.2. The van der Waals surface area contributed by atoms with Gasteiger partial charge in [0, 0.05) is 12.6 Å². The van der Waals surface area contributed by atoms with Crippen molar-refractivity contribution in [2.45, 2.75) is 19.9 Å². The maximum absolute atomic E-state index is 11.0. The van der Waals surface area contributed by atoms with Crippen LogP contribution in [0, 0.1) is 5.92 Å². The van der Waals surface area contributed by atoms with Crippen LogP contribution in [0.25, 0.3) is 0 Å². The van der Waals surface area contributed by atoms with Gasteiger partial charge in [0.05, 0.1) is 17.4 Å². The molecule has 0 aromatic carbocycles. The van der Waals surface area contributed by atoms with E-state index >= 15 is 0 Å². The van der Waals surface area contributed by atoms with Crippen LogP contribution in [0.15, 0.2) is 12.3 Å². The number of rotatable bonds is 6. The lowest BCUT2D eigenvalue weighted by Crippen LogP contribution is -2.36. The maximum Gasteiger partial charge on any atom is 0.337 e. The third kappa shape index (κ3) is 4.40. The first-order valence-corrected chi connectivity index (χ1v) is 6.21. The summed E-state index contributed by atoms with van der Waals surface area (Å²) in [6, 6.07) is 1.66. The van der Waals surface area contributed by atoms with E-state index in [-0.39, 0.29) is 17.3 Å². The van der Waals surface area contributed by atoms with Crippen molar-refractivity contribution in [3.63, 3.8) is 0 Å². The Bertz CT molecular complexity index is 446.